The van der Waals surface area contributed by atoms with Crippen molar-refractivity contribution in [3.05, 3.63) is 63.8 Å². The number of nitrogens with one attached hydrogen (secondary N) is 1. The normalized spacial score (nSPS) is 11.3. The van der Waals surface area contributed by atoms with Gasteiger partial charge < -0.3 is 10.1 Å². The van der Waals surface area contributed by atoms with Crippen molar-refractivity contribution in [1.29, 1.82) is 0 Å². The molecule has 0 atom stereocenters. The van der Waals surface area contributed by atoms with Crippen LogP contribution in [0.25, 0.3) is 10.2 Å². The smallest absolute Gasteiger partial charge is 0.348 e. The van der Waals surface area contributed by atoms with Crippen LogP contribution in [0.15, 0.2) is 42.6 Å². The van der Waals surface area contributed by atoms with E-state index in [0.717, 1.165) is 21.5 Å². The zero-order chi connectivity index (χ0) is 22.8. The maximum Gasteiger partial charge on any atom is 0.348 e. The van der Waals surface area contributed by atoms with Crippen LogP contribution in [-0.2, 0) is 16.1 Å². The molecule has 0 aliphatic carbocycles. The Kier molecular flexibility index (Phi) is 6.29. The number of aromatic nitrogens is 4. The van der Waals surface area contributed by atoms with Crippen molar-refractivity contribution in [3.63, 3.8) is 0 Å². The van der Waals surface area contributed by atoms with Gasteiger partial charge in [-0.1, -0.05) is 29.8 Å². The number of hydrogen-bond donors (Lipinski definition) is 1. The first-order valence-corrected chi connectivity index (χ1v) is 11.2. The highest BCUT2D eigenvalue weighted by Crippen LogP contribution is 2.30. The number of rotatable bonds is 7. The number of hydrogen-bond acceptors (Lipinski definition) is 6. The van der Waals surface area contributed by atoms with Crippen molar-refractivity contribution in [2.75, 3.05) is 11.9 Å². The fraction of sp³-hybridized carbons (Fsp3) is 0.273. The molecule has 0 bridgehead atoms. The quantitative estimate of drug-likeness (QED) is 0.395. The molecular weight excluding hydrogens is 450 g/mol. The summed E-state index contributed by atoms with van der Waals surface area (Å²) in [4.78, 5) is 26.1. The number of esters is 1. The first-order valence-electron chi connectivity index (χ1n) is 10.0. The van der Waals surface area contributed by atoms with Crippen LogP contribution >= 0.6 is 22.9 Å². The average molecular weight is 472 g/mol. The molecule has 1 N–H and O–H groups in total. The number of aryl methyl sites for hydroxylation is 1. The van der Waals surface area contributed by atoms with E-state index in [9.17, 15) is 9.59 Å². The van der Waals surface area contributed by atoms with Gasteiger partial charge >= 0.3 is 5.97 Å². The summed E-state index contributed by atoms with van der Waals surface area (Å²) in [7, 11) is 0. The summed E-state index contributed by atoms with van der Waals surface area (Å²) in [5, 5.41) is 13.0. The number of ether oxygens (including phenoxy) is 1. The second-order valence-electron chi connectivity index (χ2n) is 7.54. The van der Waals surface area contributed by atoms with E-state index in [-0.39, 0.29) is 12.6 Å². The second-order valence-corrected chi connectivity index (χ2v) is 8.98. The molecule has 0 radical (unpaired) electrons. The third-order valence-electron chi connectivity index (χ3n) is 4.85. The summed E-state index contributed by atoms with van der Waals surface area (Å²) in [5.74, 6) is -0.427. The van der Waals surface area contributed by atoms with Gasteiger partial charge in [0.2, 0.25) is 0 Å². The highest BCUT2D eigenvalue weighted by Gasteiger charge is 2.19. The molecule has 0 aliphatic heterocycles. The van der Waals surface area contributed by atoms with Crippen molar-refractivity contribution < 1.29 is 14.3 Å². The Balaban J connectivity index is 1.44. The Bertz CT molecular complexity index is 1290. The zero-order valence-corrected chi connectivity index (χ0v) is 19.4. The Morgan fingerprint density at radius 2 is 2.03 bits per heavy atom. The molecule has 0 unspecified atom stereocenters. The monoisotopic (exact) mass is 471 g/mol. The molecule has 0 fully saturated rings. The number of amides is 1. The van der Waals surface area contributed by atoms with E-state index in [1.807, 2.05) is 49.7 Å². The van der Waals surface area contributed by atoms with E-state index in [0.29, 0.717) is 22.3 Å². The Morgan fingerprint density at radius 1 is 1.25 bits per heavy atom. The fourth-order valence-corrected chi connectivity index (χ4v) is 4.56. The van der Waals surface area contributed by atoms with Gasteiger partial charge in [-0.05, 0) is 38.5 Å². The van der Waals surface area contributed by atoms with Crippen LogP contribution in [0.3, 0.4) is 0 Å². The molecule has 0 saturated carbocycles. The topological polar surface area (TPSA) is 91.0 Å². The number of nitrogens with zero attached hydrogens (tertiary/aromatic N) is 4. The minimum atomic E-state index is -0.553. The lowest BCUT2D eigenvalue weighted by atomic mass is 10.2. The largest absolute Gasteiger partial charge is 0.451 e. The summed E-state index contributed by atoms with van der Waals surface area (Å²) < 4.78 is 8.74. The number of anilines is 1. The van der Waals surface area contributed by atoms with Crippen LogP contribution < -0.4 is 5.32 Å². The fourth-order valence-electron chi connectivity index (χ4n) is 3.31. The van der Waals surface area contributed by atoms with Crippen LogP contribution in [0, 0.1) is 6.92 Å². The summed E-state index contributed by atoms with van der Waals surface area (Å²) in [6.07, 6.45) is 1.60. The lowest BCUT2D eigenvalue weighted by molar-refractivity contribution is -0.119. The molecule has 3 heterocycles. The minimum absolute atomic E-state index is 0.0926. The number of thiophene rings is 1. The summed E-state index contributed by atoms with van der Waals surface area (Å²) in [6, 6.07) is 11.1. The van der Waals surface area contributed by atoms with Gasteiger partial charge in [0.25, 0.3) is 5.91 Å². The van der Waals surface area contributed by atoms with Crippen molar-refractivity contribution in [2.45, 2.75) is 33.4 Å². The van der Waals surface area contributed by atoms with Crippen molar-refractivity contribution in [2.24, 2.45) is 0 Å². The number of benzene rings is 1. The molecule has 0 aliphatic rings. The summed E-state index contributed by atoms with van der Waals surface area (Å²) in [5.41, 5.74) is 1.75. The first kappa shape index (κ1) is 22.0. The SMILES string of the molecule is Cc1nn(Cc2ccccc2Cl)c2sc(C(=O)OCC(=O)Nc3ccnn3C(C)C)cc12. The highest BCUT2D eigenvalue weighted by atomic mass is 35.5. The van der Waals surface area contributed by atoms with Gasteiger partial charge in [-0.15, -0.1) is 11.3 Å². The molecule has 8 nitrogen and oxygen atoms in total. The molecule has 0 saturated heterocycles. The van der Waals surface area contributed by atoms with Crippen LogP contribution in [0.4, 0.5) is 5.82 Å². The van der Waals surface area contributed by atoms with Gasteiger partial charge in [-0.25, -0.2) is 9.48 Å². The Morgan fingerprint density at radius 3 is 2.78 bits per heavy atom. The number of halogens is 1. The molecule has 32 heavy (non-hydrogen) atoms. The van der Waals surface area contributed by atoms with Gasteiger partial charge in [0.15, 0.2) is 6.61 Å². The summed E-state index contributed by atoms with van der Waals surface area (Å²) >= 11 is 7.56. The predicted octanol–water partition coefficient (Wildman–Crippen LogP) is 4.68. The number of carbonyl (C=O) groups excluding carboxylic acids is 2. The van der Waals surface area contributed by atoms with Gasteiger partial charge in [-0.3, -0.25) is 9.48 Å². The molecule has 1 aromatic carbocycles. The predicted molar refractivity (Wildman–Crippen MR) is 124 cm³/mol. The van der Waals surface area contributed by atoms with E-state index in [1.54, 1.807) is 23.0 Å². The van der Waals surface area contributed by atoms with E-state index in [4.69, 9.17) is 16.3 Å². The Labute approximate surface area is 193 Å². The lowest BCUT2D eigenvalue weighted by Gasteiger charge is -2.11. The lowest BCUT2D eigenvalue weighted by Crippen LogP contribution is -2.22. The number of fused-ring (bicyclic) bond motifs is 1. The number of carbonyl (C=O) groups is 2. The van der Waals surface area contributed by atoms with E-state index in [1.165, 1.54) is 11.3 Å². The van der Waals surface area contributed by atoms with Gasteiger partial charge in [0.05, 0.1) is 18.4 Å². The van der Waals surface area contributed by atoms with Crippen molar-refractivity contribution in [1.82, 2.24) is 19.6 Å². The van der Waals surface area contributed by atoms with Crippen LogP contribution in [0.5, 0.6) is 0 Å². The van der Waals surface area contributed by atoms with Gasteiger partial charge in [0, 0.05) is 22.5 Å². The standard InChI is InChI=1S/C22H22ClN5O3S/c1-13(2)28-19(8-9-24-28)25-20(29)12-31-22(30)18-10-16-14(3)26-27(21(16)32-18)11-15-6-4-5-7-17(15)23/h4-10,13H,11-12H2,1-3H3,(H,25,29). The molecule has 1 amide bonds. The third-order valence-corrected chi connectivity index (χ3v) is 6.34. The summed E-state index contributed by atoms with van der Waals surface area (Å²) in [6.45, 7) is 5.91. The van der Waals surface area contributed by atoms with Gasteiger partial charge in [-0.2, -0.15) is 10.2 Å². The van der Waals surface area contributed by atoms with E-state index in [2.05, 4.69) is 15.5 Å². The van der Waals surface area contributed by atoms with Gasteiger partial charge in [0.1, 0.15) is 15.5 Å². The molecule has 4 aromatic rings. The average Bonchev–Trinajstić information content (AvgIpc) is 3.46. The molecular formula is C22H22ClN5O3S. The van der Waals surface area contributed by atoms with Crippen molar-refractivity contribution in [3.8, 4) is 0 Å². The minimum Gasteiger partial charge on any atom is -0.451 e. The van der Waals surface area contributed by atoms with E-state index < -0.39 is 11.9 Å². The molecule has 0 spiro atoms. The first-order chi connectivity index (χ1) is 15.3. The maximum atomic E-state index is 12.6. The molecule has 3 aromatic heterocycles. The van der Waals surface area contributed by atoms with Crippen LogP contribution in [0.2, 0.25) is 5.02 Å². The third kappa shape index (κ3) is 4.53. The second kappa shape index (κ2) is 9.13. The maximum absolute atomic E-state index is 12.6. The van der Waals surface area contributed by atoms with Crippen LogP contribution in [-0.4, -0.2) is 38.0 Å². The highest BCUT2D eigenvalue weighted by molar-refractivity contribution is 7.20. The van der Waals surface area contributed by atoms with Crippen molar-refractivity contribution >= 4 is 50.8 Å². The molecule has 4 rings (SSSR count). The van der Waals surface area contributed by atoms with Crippen LogP contribution in [0.1, 0.15) is 40.8 Å². The molecule has 10 heteroatoms. The Hall–Kier alpha value is -3.17. The zero-order valence-electron chi connectivity index (χ0n) is 17.8. The molecule has 166 valence electrons. The van der Waals surface area contributed by atoms with E-state index >= 15 is 0 Å².